The van der Waals surface area contributed by atoms with Gasteiger partial charge in [-0.15, -0.1) is 0 Å². The number of carbonyl (C=O) groups is 1. The van der Waals surface area contributed by atoms with Gasteiger partial charge in [0.25, 0.3) is 0 Å². The van der Waals surface area contributed by atoms with E-state index in [0.29, 0.717) is 19.4 Å². The molecule has 0 bridgehead atoms. The summed E-state index contributed by atoms with van der Waals surface area (Å²) in [5.41, 5.74) is 2.33. The summed E-state index contributed by atoms with van der Waals surface area (Å²) in [5, 5.41) is 30.4. The number of cyclic esters (lactones) is 1. The first kappa shape index (κ1) is 18.6. The molecule has 1 aliphatic heterocycles. The van der Waals surface area contributed by atoms with Crippen molar-refractivity contribution < 1.29 is 24.9 Å². The van der Waals surface area contributed by atoms with Gasteiger partial charge in [-0.05, 0) is 61.5 Å². The van der Waals surface area contributed by atoms with E-state index in [4.69, 9.17) is 4.74 Å². The molecule has 2 aliphatic carbocycles. The maximum atomic E-state index is 11.7. The number of hydrogen-bond acceptors (Lipinski definition) is 5. The summed E-state index contributed by atoms with van der Waals surface area (Å²) in [6, 6.07) is 0. The van der Waals surface area contributed by atoms with Crippen LogP contribution in [-0.2, 0) is 9.53 Å². The van der Waals surface area contributed by atoms with E-state index < -0.39 is 11.5 Å². The van der Waals surface area contributed by atoms with Gasteiger partial charge in [0.05, 0.1) is 19.3 Å². The molecule has 0 aromatic heterocycles. The van der Waals surface area contributed by atoms with Crippen molar-refractivity contribution in [2.24, 2.45) is 16.7 Å². The Bertz CT molecular complexity index is 607. The van der Waals surface area contributed by atoms with E-state index >= 15 is 0 Å². The van der Waals surface area contributed by atoms with Crippen LogP contribution in [0, 0.1) is 16.7 Å². The molecule has 0 aromatic rings. The molecule has 1 heterocycles. The number of aliphatic hydroxyl groups excluding tert-OH is 3. The Morgan fingerprint density at radius 2 is 2.00 bits per heavy atom. The Hall–Kier alpha value is -1.17. The van der Waals surface area contributed by atoms with Gasteiger partial charge in [0.2, 0.25) is 0 Å². The van der Waals surface area contributed by atoms with Gasteiger partial charge in [-0.25, -0.2) is 4.79 Å². The maximum Gasteiger partial charge on any atom is 0.334 e. The summed E-state index contributed by atoms with van der Waals surface area (Å²) in [6.45, 7) is 4.56. The SMILES string of the molecule is C[C@@]1(CO)[C@H](O)CC[C@]2(C)C(CCC3=CCOC3=O)=C(CO)CC[C@@H]12. The maximum absolute atomic E-state index is 11.7. The summed E-state index contributed by atoms with van der Waals surface area (Å²) >= 11 is 0. The Kier molecular flexibility index (Phi) is 5.11. The minimum absolute atomic E-state index is 0.0341. The van der Waals surface area contributed by atoms with Crippen LogP contribution in [0.4, 0.5) is 0 Å². The number of fused-ring (bicyclic) bond motifs is 1. The summed E-state index contributed by atoms with van der Waals surface area (Å²) in [4.78, 5) is 11.7. The molecular formula is C20H30O5. The van der Waals surface area contributed by atoms with Gasteiger partial charge in [-0.3, -0.25) is 0 Å². The molecule has 0 unspecified atom stereocenters. The van der Waals surface area contributed by atoms with Gasteiger partial charge in [0.1, 0.15) is 6.61 Å². The quantitative estimate of drug-likeness (QED) is 0.522. The summed E-state index contributed by atoms with van der Waals surface area (Å²) < 4.78 is 4.99. The van der Waals surface area contributed by atoms with E-state index in [1.54, 1.807) is 0 Å². The zero-order valence-corrected chi connectivity index (χ0v) is 15.3. The highest BCUT2D eigenvalue weighted by Gasteiger charge is 2.55. The second-order valence-electron chi connectivity index (χ2n) is 8.30. The van der Waals surface area contributed by atoms with E-state index in [2.05, 4.69) is 6.92 Å². The third-order valence-corrected chi connectivity index (χ3v) is 7.10. The van der Waals surface area contributed by atoms with Gasteiger partial charge < -0.3 is 20.1 Å². The van der Waals surface area contributed by atoms with Gasteiger partial charge in [0, 0.05) is 11.0 Å². The summed E-state index contributed by atoms with van der Waals surface area (Å²) in [6.07, 6.45) is 5.84. The molecule has 3 N–H and O–H groups in total. The number of esters is 1. The molecule has 0 spiro atoms. The third-order valence-electron chi connectivity index (χ3n) is 7.10. The predicted molar refractivity (Wildman–Crippen MR) is 93.7 cm³/mol. The molecule has 4 atom stereocenters. The van der Waals surface area contributed by atoms with Crippen LogP contribution in [0.2, 0.25) is 0 Å². The first-order valence-corrected chi connectivity index (χ1v) is 9.34. The molecule has 5 nitrogen and oxygen atoms in total. The molecule has 1 fully saturated rings. The lowest BCUT2D eigenvalue weighted by molar-refractivity contribution is -0.136. The topological polar surface area (TPSA) is 87.0 Å². The monoisotopic (exact) mass is 350 g/mol. The van der Waals surface area contributed by atoms with Crippen LogP contribution in [-0.4, -0.2) is 47.2 Å². The number of rotatable bonds is 5. The lowest BCUT2D eigenvalue weighted by atomic mass is 9.48. The van der Waals surface area contributed by atoms with E-state index in [9.17, 15) is 20.1 Å². The standard InChI is InChI=1S/C20H30O5/c1-19-9-7-17(23)20(2,12-22)16(19)6-4-14(11-21)15(19)5-3-13-8-10-25-18(13)24/h8,16-17,21-23H,3-7,9-12H2,1-2H3/t16-,17-,19-,20+/m1/s1. The molecule has 3 aliphatic rings. The first-order chi connectivity index (χ1) is 11.9. The smallest absolute Gasteiger partial charge is 0.334 e. The third kappa shape index (κ3) is 2.96. The number of hydrogen-bond donors (Lipinski definition) is 3. The number of aliphatic hydroxyl groups is 3. The van der Waals surface area contributed by atoms with Crippen molar-refractivity contribution in [2.45, 2.75) is 58.5 Å². The molecule has 0 amide bonds. The summed E-state index contributed by atoms with van der Waals surface area (Å²) in [5.74, 6) is -0.0634. The fourth-order valence-electron chi connectivity index (χ4n) is 5.49. The molecular weight excluding hydrogens is 320 g/mol. The van der Waals surface area contributed by atoms with E-state index in [-0.39, 0.29) is 30.5 Å². The average molecular weight is 350 g/mol. The van der Waals surface area contributed by atoms with Gasteiger partial charge in [-0.1, -0.05) is 19.4 Å². The lowest BCUT2D eigenvalue weighted by Crippen LogP contribution is -2.55. The second-order valence-corrected chi connectivity index (χ2v) is 8.30. The molecule has 25 heavy (non-hydrogen) atoms. The van der Waals surface area contributed by atoms with Crippen LogP contribution in [0.1, 0.15) is 52.4 Å². The minimum Gasteiger partial charge on any atom is -0.458 e. The zero-order valence-electron chi connectivity index (χ0n) is 15.3. The molecule has 0 aromatic carbocycles. The average Bonchev–Trinajstić information content (AvgIpc) is 3.01. The predicted octanol–water partition coefficient (Wildman–Crippen LogP) is 2.11. The van der Waals surface area contributed by atoms with Crippen LogP contribution < -0.4 is 0 Å². The van der Waals surface area contributed by atoms with Crippen molar-refractivity contribution in [3.63, 3.8) is 0 Å². The fourth-order valence-corrected chi connectivity index (χ4v) is 5.49. The zero-order chi connectivity index (χ0) is 18.2. The molecule has 5 heteroatoms. The molecule has 1 saturated carbocycles. The Morgan fingerprint density at radius 1 is 1.24 bits per heavy atom. The van der Waals surface area contributed by atoms with Gasteiger partial charge in [-0.2, -0.15) is 0 Å². The number of carbonyl (C=O) groups excluding carboxylic acids is 1. The van der Waals surface area contributed by atoms with E-state index in [0.717, 1.165) is 36.8 Å². The van der Waals surface area contributed by atoms with Crippen molar-refractivity contribution >= 4 is 5.97 Å². The van der Waals surface area contributed by atoms with Crippen LogP contribution in [0.15, 0.2) is 22.8 Å². The Morgan fingerprint density at radius 3 is 2.60 bits per heavy atom. The minimum atomic E-state index is -0.523. The van der Waals surface area contributed by atoms with Crippen molar-refractivity contribution in [1.29, 1.82) is 0 Å². The second kappa shape index (κ2) is 6.86. The van der Waals surface area contributed by atoms with Crippen molar-refractivity contribution in [3.8, 4) is 0 Å². The Balaban J connectivity index is 1.90. The van der Waals surface area contributed by atoms with Crippen LogP contribution in [0.3, 0.4) is 0 Å². The van der Waals surface area contributed by atoms with Crippen molar-refractivity contribution in [3.05, 3.63) is 22.8 Å². The molecule has 0 radical (unpaired) electrons. The van der Waals surface area contributed by atoms with Crippen molar-refractivity contribution in [2.75, 3.05) is 19.8 Å². The lowest BCUT2D eigenvalue weighted by Gasteiger charge is -2.57. The van der Waals surface area contributed by atoms with Crippen molar-refractivity contribution in [1.82, 2.24) is 0 Å². The Labute approximate surface area is 149 Å². The van der Waals surface area contributed by atoms with Crippen LogP contribution in [0.25, 0.3) is 0 Å². The molecule has 3 rings (SSSR count). The summed E-state index contributed by atoms with van der Waals surface area (Å²) in [7, 11) is 0. The largest absolute Gasteiger partial charge is 0.458 e. The van der Waals surface area contributed by atoms with Crippen LogP contribution in [0.5, 0.6) is 0 Å². The van der Waals surface area contributed by atoms with E-state index in [1.807, 2.05) is 13.0 Å². The fraction of sp³-hybridized carbons (Fsp3) is 0.750. The number of allylic oxidation sites excluding steroid dienone is 1. The highest BCUT2D eigenvalue weighted by atomic mass is 16.5. The first-order valence-electron chi connectivity index (χ1n) is 9.34. The van der Waals surface area contributed by atoms with E-state index in [1.165, 1.54) is 5.57 Å². The highest BCUT2D eigenvalue weighted by molar-refractivity contribution is 5.90. The highest BCUT2D eigenvalue weighted by Crippen LogP contribution is 2.60. The normalized spacial score (nSPS) is 38.4. The van der Waals surface area contributed by atoms with Gasteiger partial charge >= 0.3 is 5.97 Å². The molecule has 140 valence electrons. The van der Waals surface area contributed by atoms with Gasteiger partial charge in [0.15, 0.2) is 0 Å². The number of ether oxygens (including phenoxy) is 1. The van der Waals surface area contributed by atoms with Crippen LogP contribution >= 0.6 is 0 Å². The molecule has 0 saturated heterocycles.